The highest BCUT2D eigenvalue weighted by molar-refractivity contribution is 9.10. The number of hydrogen-bond donors (Lipinski definition) is 1. The molecule has 1 rings (SSSR count). The van der Waals surface area contributed by atoms with Crippen LogP contribution >= 0.6 is 27.5 Å². The van der Waals surface area contributed by atoms with Gasteiger partial charge >= 0.3 is 0 Å². The second-order valence-electron chi connectivity index (χ2n) is 3.69. The minimum atomic E-state index is -0.447. The van der Waals surface area contributed by atoms with Crippen LogP contribution < -0.4 is 10.5 Å². The van der Waals surface area contributed by atoms with E-state index in [4.69, 9.17) is 22.1 Å². The van der Waals surface area contributed by atoms with Crippen LogP contribution in [0.2, 0.25) is 5.02 Å². The van der Waals surface area contributed by atoms with E-state index < -0.39 is 5.54 Å². The van der Waals surface area contributed by atoms with Crippen LogP contribution in [0.3, 0.4) is 0 Å². The molecule has 14 heavy (non-hydrogen) atoms. The molecule has 0 unspecified atom stereocenters. The third-order valence-corrected chi connectivity index (χ3v) is 2.95. The van der Waals surface area contributed by atoms with Gasteiger partial charge in [0.2, 0.25) is 0 Å². The van der Waals surface area contributed by atoms with Gasteiger partial charge in [-0.25, -0.2) is 0 Å². The molecule has 2 nitrogen and oxygen atoms in total. The Bertz CT molecular complexity index is 347. The molecule has 0 saturated carbocycles. The van der Waals surface area contributed by atoms with Gasteiger partial charge < -0.3 is 10.5 Å². The molecule has 0 aliphatic heterocycles. The molecule has 0 atom stereocenters. The number of nitrogens with two attached hydrogens (primary N) is 1. The molecule has 0 aromatic heterocycles. The molecule has 0 heterocycles. The fraction of sp³-hybridized carbons (Fsp3) is 0.400. The Morgan fingerprint density at radius 2 is 2.00 bits per heavy atom. The summed E-state index contributed by atoms with van der Waals surface area (Å²) < 4.78 is 6.03. The van der Waals surface area contributed by atoms with Gasteiger partial charge in [-0.15, -0.1) is 0 Å². The highest BCUT2D eigenvalue weighted by atomic mass is 79.9. The maximum atomic E-state index is 6.01. The van der Waals surface area contributed by atoms with Crippen molar-refractivity contribution in [2.24, 2.45) is 5.73 Å². The van der Waals surface area contributed by atoms with Crippen LogP contribution in [0, 0.1) is 0 Å². The summed E-state index contributed by atoms with van der Waals surface area (Å²) in [5.41, 5.74) is 6.49. The van der Waals surface area contributed by atoms with Crippen molar-refractivity contribution in [2.45, 2.75) is 19.4 Å². The molecule has 0 aliphatic carbocycles. The Labute approximate surface area is 97.5 Å². The Morgan fingerprint density at radius 1 is 1.43 bits per heavy atom. The zero-order valence-electron chi connectivity index (χ0n) is 8.40. The molecule has 1 aromatic rings. The molecule has 0 fully saturated rings. The van der Waals surface area contributed by atoms with E-state index in [1.54, 1.807) is 13.2 Å². The van der Waals surface area contributed by atoms with Gasteiger partial charge in [-0.2, -0.15) is 0 Å². The molecule has 0 radical (unpaired) electrons. The molecule has 0 aliphatic rings. The SMILES string of the molecule is COc1cc(Cl)cc(C(C)(C)N)c1Br. The molecule has 2 N–H and O–H groups in total. The lowest BCUT2D eigenvalue weighted by Crippen LogP contribution is -2.29. The summed E-state index contributed by atoms with van der Waals surface area (Å²) in [7, 11) is 1.60. The van der Waals surface area contributed by atoms with Crippen molar-refractivity contribution >= 4 is 27.5 Å². The van der Waals surface area contributed by atoms with E-state index in [1.165, 1.54) is 0 Å². The zero-order chi connectivity index (χ0) is 10.9. The summed E-state index contributed by atoms with van der Waals surface area (Å²) in [6.07, 6.45) is 0. The Hall–Kier alpha value is -0.250. The van der Waals surface area contributed by atoms with Crippen molar-refractivity contribution in [1.82, 2.24) is 0 Å². The van der Waals surface area contributed by atoms with E-state index in [0.29, 0.717) is 10.8 Å². The van der Waals surface area contributed by atoms with Crippen molar-refractivity contribution in [1.29, 1.82) is 0 Å². The largest absolute Gasteiger partial charge is 0.496 e. The lowest BCUT2D eigenvalue weighted by molar-refractivity contribution is 0.409. The molecule has 78 valence electrons. The van der Waals surface area contributed by atoms with Crippen LogP contribution in [0.15, 0.2) is 16.6 Å². The summed E-state index contributed by atoms with van der Waals surface area (Å²) in [6, 6.07) is 3.59. The summed E-state index contributed by atoms with van der Waals surface area (Å²) in [4.78, 5) is 0. The van der Waals surface area contributed by atoms with Gasteiger partial charge in [0, 0.05) is 10.6 Å². The number of methoxy groups -OCH3 is 1. The van der Waals surface area contributed by atoms with E-state index in [2.05, 4.69) is 15.9 Å². The normalized spacial score (nSPS) is 11.6. The number of ether oxygens (including phenoxy) is 1. The van der Waals surface area contributed by atoms with Gasteiger partial charge in [-0.05, 0) is 47.5 Å². The van der Waals surface area contributed by atoms with Crippen molar-refractivity contribution in [2.75, 3.05) is 7.11 Å². The second-order valence-corrected chi connectivity index (χ2v) is 4.92. The third kappa shape index (κ3) is 2.41. The van der Waals surface area contributed by atoms with Gasteiger partial charge in [0.25, 0.3) is 0 Å². The van der Waals surface area contributed by atoms with Crippen molar-refractivity contribution in [3.05, 3.63) is 27.2 Å². The highest BCUT2D eigenvalue weighted by Crippen LogP contribution is 2.36. The third-order valence-electron chi connectivity index (χ3n) is 1.92. The van der Waals surface area contributed by atoms with Crippen LogP contribution in [0.1, 0.15) is 19.4 Å². The van der Waals surface area contributed by atoms with Crippen molar-refractivity contribution in [3.8, 4) is 5.75 Å². The van der Waals surface area contributed by atoms with E-state index in [1.807, 2.05) is 19.9 Å². The summed E-state index contributed by atoms with van der Waals surface area (Å²) in [6.45, 7) is 3.84. The molecule has 0 saturated heterocycles. The molecule has 0 amide bonds. The topological polar surface area (TPSA) is 35.2 Å². The van der Waals surface area contributed by atoms with Crippen LogP contribution in [0.25, 0.3) is 0 Å². The van der Waals surface area contributed by atoms with Crippen LogP contribution in [-0.4, -0.2) is 7.11 Å². The lowest BCUT2D eigenvalue weighted by Gasteiger charge is -2.22. The summed E-state index contributed by atoms with van der Waals surface area (Å²) in [5.74, 6) is 0.700. The maximum Gasteiger partial charge on any atom is 0.134 e. The fourth-order valence-corrected chi connectivity index (χ4v) is 2.29. The predicted octanol–water partition coefficient (Wildman–Crippen LogP) is 3.30. The summed E-state index contributed by atoms with van der Waals surface area (Å²) in [5, 5.41) is 0.624. The van der Waals surface area contributed by atoms with Gasteiger partial charge in [-0.3, -0.25) is 0 Å². The zero-order valence-corrected chi connectivity index (χ0v) is 10.7. The fourth-order valence-electron chi connectivity index (χ4n) is 1.18. The number of halogens is 2. The molecular weight excluding hydrogens is 265 g/mol. The monoisotopic (exact) mass is 277 g/mol. The van der Waals surface area contributed by atoms with Gasteiger partial charge in [0.15, 0.2) is 0 Å². The summed E-state index contributed by atoms with van der Waals surface area (Å²) >= 11 is 9.40. The quantitative estimate of drug-likeness (QED) is 0.901. The molecule has 0 bridgehead atoms. The molecular formula is C10H13BrClNO. The second kappa shape index (κ2) is 4.09. The number of rotatable bonds is 2. The minimum Gasteiger partial charge on any atom is -0.496 e. The predicted molar refractivity (Wildman–Crippen MR) is 62.9 cm³/mol. The Balaban J connectivity index is 3.37. The van der Waals surface area contributed by atoms with E-state index in [9.17, 15) is 0 Å². The van der Waals surface area contributed by atoms with Crippen molar-refractivity contribution < 1.29 is 4.74 Å². The van der Waals surface area contributed by atoms with Crippen LogP contribution in [0.4, 0.5) is 0 Å². The standard InChI is InChI=1S/C10H13BrClNO/c1-10(2,13)7-4-6(12)5-8(14-3)9(7)11/h4-5H,13H2,1-3H3. The van der Waals surface area contributed by atoms with Crippen molar-refractivity contribution in [3.63, 3.8) is 0 Å². The molecule has 1 aromatic carbocycles. The average Bonchev–Trinajstić information content (AvgIpc) is 2.06. The van der Waals surface area contributed by atoms with Crippen LogP contribution in [0.5, 0.6) is 5.75 Å². The van der Waals surface area contributed by atoms with Crippen LogP contribution in [-0.2, 0) is 5.54 Å². The smallest absolute Gasteiger partial charge is 0.134 e. The van der Waals surface area contributed by atoms with Gasteiger partial charge in [0.05, 0.1) is 11.6 Å². The number of hydrogen-bond acceptors (Lipinski definition) is 2. The van der Waals surface area contributed by atoms with E-state index in [0.717, 1.165) is 10.0 Å². The van der Waals surface area contributed by atoms with E-state index >= 15 is 0 Å². The Morgan fingerprint density at radius 3 is 2.43 bits per heavy atom. The first-order valence-electron chi connectivity index (χ1n) is 4.18. The minimum absolute atomic E-state index is 0.447. The maximum absolute atomic E-state index is 6.01. The van der Waals surface area contributed by atoms with E-state index in [-0.39, 0.29) is 0 Å². The first kappa shape index (κ1) is 11.8. The number of benzene rings is 1. The molecule has 0 spiro atoms. The first-order chi connectivity index (χ1) is 6.36. The average molecular weight is 279 g/mol. The molecule has 4 heteroatoms. The van der Waals surface area contributed by atoms with Gasteiger partial charge in [0.1, 0.15) is 5.75 Å². The van der Waals surface area contributed by atoms with Gasteiger partial charge in [-0.1, -0.05) is 11.6 Å². The highest BCUT2D eigenvalue weighted by Gasteiger charge is 2.20. The first-order valence-corrected chi connectivity index (χ1v) is 5.35. The Kier molecular flexibility index (Phi) is 3.45. The lowest BCUT2D eigenvalue weighted by atomic mass is 9.95.